The van der Waals surface area contributed by atoms with Crippen LogP contribution in [0.25, 0.3) is 5.69 Å². The van der Waals surface area contributed by atoms with Gasteiger partial charge in [0.1, 0.15) is 0 Å². The molecule has 0 unspecified atom stereocenters. The third-order valence-electron chi connectivity index (χ3n) is 7.42. The lowest BCUT2D eigenvalue weighted by Crippen LogP contribution is -2.33. The number of aromatic nitrogens is 1. The molecule has 0 atom stereocenters. The molecule has 0 radical (unpaired) electrons. The second-order valence-electron chi connectivity index (χ2n) is 10.4. The van der Waals surface area contributed by atoms with E-state index in [1.165, 1.54) is 15.4 Å². The quantitative estimate of drug-likeness (QED) is 0.150. The van der Waals surface area contributed by atoms with E-state index in [9.17, 15) is 13.2 Å². The van der Waals surface area contributed by atoms with Crippen molar-refractivity contribution in [2.24, 2.45) is 5.10 Å². The van der Waals surface area contributed by atoms with Crippen LogP contribution in [0.3, 0.4) is 0 Å². The Hall–Kier alpha value is -4.95. The summed E-state index contributed by atoms with van der Waals surface area (Å²) < 4.78 is 31.3. The Morgan fingerprint density at radius 1 is 0.814 bits per heavy atom. The molecule has 0 saturated heterocycles. The van der Waals surface area contributed by atoms with Crippen molar-refractivity contribution in [2.75, 3.05) is 4.31 Å². The standard InChI is InChI=1S/C35H34N4O3S/c1-25-14-13-15-26(2)34(25)39-27(3)22-30(28(39)4)23-36-37-35(40)32-20-11-12-21-33(32)38(24-29-16-7-5-8-17-29)43(41,42)31-18-9-6-10-19-31/h5-23H,24H2,1-4H3,(H,37,40). The van der Waals surface area contributed by atoms with Crippen LogP contribution in [0.15, 0.2) is 119 Å². The molecule has 0 aliphatic carbocycles. The number of benzene rings is 4. The average molecular weight is 591 g/mol. The van der Waals surface area contributed by atoms with Gasteiger partial charge in [0, 0.05) is 17.0 Å². The first kappa shape index (κ1) is 29.5. The molecule has 1 aromatic heterocycles. The Morgan fingerprint density at radius 3 is 2.09 bits per heavy atom. The molecule has 0 fully saturated rings. The summed E-state index contributed by atoms with van der Waals surface area (Å²) in [5, 5.41) is 4.27. The molecule has 0 bridgehead atoms. The van der Waals surface area contributed by atoms with E-state index in [1.807, 2.05) is 56.3 Å². The van der Waals surface area contributed by atoms with Gasteiger partial charge in [0.05, 0.1) is 34.6 Å². The number of hydrogen-bond donors (Lipinski definition) is 1. The summed E-state index contributed by atoms with van der Waals surface area (Å²) >= 11 is 0. The highest BCUT2D eigenvalue weighted by atomic mass is 32.2. The monoisotopic (exact) mass is 590 g/mol. The van der Waals surface area contributed by atoms with Crippen LogP contribution in [-0.4, -0.2) is 25.1 Å². The predicted molar refractivity (Wildman–Crippen MR) is 172 cm³/mol. The molecule has 0 spiro atoms. The highest BCUT2D eigenvalue weighted by Gasteiger charge is 2.28. The smallest absolute Gasteiger partial charge is 0.273 e. The lowest BCUT2D eigenvalue weighted by molar-refractivity contribution is 0.0955. The first-order chi connectivity index (χ1) is 20.7. The minimum atomic E-state index is -4.00. The van der Waals surface area contributed by atoms with Crippen LogP contribution < -0.4 is 9.73 Å². The van der Waals surface area contributed by atoms with Gasteiger partial charge in [0.25, 0.3) is 15.9 Å². The fourth-order valence-electron chi connectivity index (χ4n) is 5.29. The van der Waals surface area contributed by atoms with E-state index in [1.54, 1.807) is 60.8 Å². The van der Waals surface area contributed by atoms with E-state index in [4.69, 9.17) is 0 Å². The number of nitrogens with one attached hydrogen (secondary N) is 1. The number of rotatable bonds is 9. The Balaban J connectivity index is 1.46. The molecule has 0 aliphatic heterocycles. The molecule has 0 aliphatic rings. The predicted octanol–water partition coefficient (Wildman–Crippen LogP) is 6.87. The number of carbonyl (C=O) groups is 1. The van der Waals surface area contributed by atoms with Crippen molar-refractivity contribution in [1.82, 2.24) is 9.99 Å². The van der Waals surface area contributed by atoms with Crippen LogP contribution in [-0.2, 0) is 16.6 Å². The normalized spacial score (nSPS) is 11.5. The molecule has 7 nitrogen and oxygen atoms in total. The highest BCUT2D eigenvalue weighted by molar-refractivity contribution is 7.92. The number of hydrogen-bond acceptors (Lipinski definition) is 4. The maximum Gasteiger partial charge on any atom is 0.273 e. The Labute approximate surface area is 253 Å². The van der Waals surface area contributed by atoms with Gasteiger partial charge in [0.2, 0.25) is 0 Å². The SMILES string of the molecule is Cc1cccc(C)c1-n1c(C)cc(C=NNC(=O)c2ccccc2N(Cc2ccccc2)S(=O)(=O)c2ccccc2)c1C. The molecule has 0 saturated carbocycles. The first-order valence-corrected chi connectivity index (χ1v) is 15.4. The molecule has 43 heavy (non-hydrogen) atoms. The molecule has 5 aromatic rings. The first-order valence-electron chi connectivity index (χ1n) is 14.0. The Morgan fingerprint density at radius 2 is 1.42 bits per heavy atom. The molecule has 1 heterocycles. The summed E-state index contributed by atoms with van der Waals surface area (Å²) in [6, 6.07) is 32.4. The van der Waals surface area contributed by atoms with Gasteiger partial charge in [-0.3, -0.25) is 9.10 Å². The summed E-state index contributed by atoms with van der Waals surface area (Å²) in [7, 11) is -4.00. The summed E-state index contributed by atoms with van der Waals surface area (Å²) in [6.45, 7) is 8.29. The summed E-state index contributed by atoms with van der Waals surface area (Å²) in [6.07, 6.45) is 1.62. The van der Waals surface area contributed by atoms with E-state index >= 15 is 0 Å². The number of nitrogens with zero attached hydrogens (tertiary/aromatic N) is 3. The van der Waals surface area contributed by atoms with Crippen molar-refractivity contribution >= 4 is 27.8 Å². The van der Waals surface area contributed by atoms with Gasteiger partial charge in [0.15, 0.2) is 0 Å². The fraction of sp³-hybridized carbons (Fsp3) is 0.143. The number of amides is 1. The molecule has 8 heteroatoms. The minimum Gasteiger partial charge on any atom is -0.317 e. The third-order valence-corrected chi connectivity index (χ3v) is 9.19. The topological polar surface area (TPSA) is 83.8 Å². The van der Waals surface area contributed by atoms with Crippen molar-refractivity contribution in [1.29, 1.82) is 0 Å². The third kappa shape index (κ3) is 6.15. The number of carbonyl (C=O) groups excluding carboxylic acids is 1. The van der Waals surface area contributed by atoms with Crippen LogP contribution >= 0.6 is 0 Å². The molecule has 1 N–H and O–H groups in total. The van der Waals surface area contributed by atoms with Crippen molar-refractivity contribution < 1.29 is 13.2 Å². The van der Waals surface area contributed by atoms with E-state index < -0.39 is 15.9 Å². The summed E-state index contributed by atoms with van der Waals surface area (Å²) in [5.74, 6) is -0.517. The van der Waals surface area contributed by atoms with Gasteiger partial charge in [-0.05, 0) is 74.7 Å². The van der Waals surface area contributed by atoms with Gasteiger partial charge in [-0.1, -0.05) is 78.9 Å². The zero-order valence-corrected chi connectivity index (χ0v) is 25.5. The van der Waals surface area contributed by atoms with Gasteiger partial charge < -0.3 is 4.57 Å². The van der Waals surface area contributed by atoms with E-state index in [2.05, 4.69) is 41.1 Å². The largest absolute Gasteiger partial charge is 0.317 e. The molecular weight excluding hydrogens is 556 g/mol. The highest BCUT2D eigenvalue weighted by Crippen LogP contribution is 2.30. The molecular formula is C35H34N4O3S. The van der Waals surface area contributed by atoms with Crippen LogP contribution in [0.4, 0.5) is 5.69 Å². The van der Waals surface area contributed by atoms with Crippen molar-refractivity contribution in [3.63, 3.8) is 0 Å². The van der Waals surface area contributed by atoms with Crippen LogP contribution in [0.1, 0.15) is 44.0 Å². The van der Waals surface area contributed by atoms with Gasteiger partial charge >= 0.3 is 0 Å². The average Bonchev–Trinajstić information content (AvgIpc) is 3.28. The second-order valence-corrected chi connectivity index (χ2v) is 12.3. The number of anilines is 1. The second kappa shape index (κ2) is 12.5. The molecule has 1 amide bonds. The van der Waals surface area contributed by atoms with Crippen LogP contribution in [0.5, 0.6) is 0 Å². The molecule has 4 aromatic carbocycles. The number of sulfonamides is 1. The summed E-state index contributed by atoms with van der Waals surface area (Å²) in [5.41, 5.74) is 10.2. The zero-order chi connectivity index (χ0) is 30.6. The van der Waals surface area contributed by atoms with E-state index in [-0.39, 0.29) is 22.7 Å². The molecule has 218 valence electrons. The lowest BCUT2D eigenvalue weighted by Gasteiger charge is -2.26. The number of aryl methyl sites for hydroxylation is 3. The van der Waals surface area contributed by atoms with Crippen molar-refractivity contribution in [3.8, 4) is 5.69 Å². The maximum atomic E-state index is 13.9. The van der Waals surface area contributed by atoms with Crippen LogP contribution in [0, 0.1) is 27.7 Å². The number of para-hydroxylation sites is 2. The van der Waals surface area contributed by atoms with Gasteiger partial charge in [-0.2, -0.15) is 5.10 Å². The summed E-state index contributed by atoms with van der Waals surface area (Å²) in [4.78, 5) is 13.6. The fourth-order valence-corrected chi connectivity index (χ4v) is 6.79. The van der Waals surface area contributed by atoms with Crippen molar-refractivity contribution in [3.05, 3.63) is 148 Å². The van der Waals surface area contributed by atoms with E-state index in [0.717, 1.165) is 28.2 Å². The lowest BCUT2D eigenvalue weighted by atomic mass is 10.1. The maximum absolute atomic E-state index is 13.9. The minimum absolute atomic E-state index is 0.0515. The Kier molecular flexibility index (Phi) is 8.59. The van der Waals surface area contributed by atoms with E-state index in [0.29, 0.717) is 0 Å². The van der Waals surface area contributed by atoms with Crippen LogP contribution in [0.2, 0.25) is 0 Å². The Bertz CT molecular complexity index is 1880. The van der Waals surface area contributed by atoms with Crippen molar-refractivity contribution in [2.45, 2.75) is 39.1 Å². The van der Waals surface area contributed by atoms with Gasteiger partial charge in [-0.15, -0.1) is 0 Å². The molecule has 5 rings (SSSR count). The number of hydrazone groups is 1. The van der Waals surface area contributed by atoms with Gasteiger partial charge in [-0.25, -0.2) is 13.8 Å². The zero-order valence-electron chi connectivity index (χ0n) is 24.7.